The number of methoxy groups -OCH3 is 1. The van der Waals surface area contributed by atoms with Crippen LogP contribution in [0, 0.1) is 17.8 Å². The van der Waals surface area contributed by atoms with Crippen molar-refractivity contribution in [3.8, 4) is 5.75 Å². The third kappa shape index (κ3) is 5.24. The predicted octanol–water partition coefficient (Wildman–Crippen LogP) is 3.76. The number of piperidine rings is 1. The van der Waals surface area contributed by atoms with Crippen molar-refractivity contribution in [1.82, 2.24) is 4.90 Å². The van der Waals surface area contributed by atoms with Crippen molar-refractivity contribution >= 4 is 11.9 Å². The molecule has 3 rings (SSSR count). The van der Waals surface area contributed by atoms with E-state index in [1.807, 2.05) is 17.0 Å². The summed E-state index contributed by atoms with van der Waals surface area (Å²) in [7, 11) is 1.68. The molecule has 1 aromatic carbocycles. The van der Waals surface area contributed by atoms with Crippen molar-refractivity contribution in [2.45, 2.75) is 51.4 Å². The quantitative estimate of drug-likeness (QED) is 0.824. The molecule has 0 radical (unpaired) electrons. The van der Waals surface area contributed by atoms with Gasteiger partial charge in [-0.3, -0.25) is 9.59 Å². The number of rotatable bonds is 6. The van der Waals surface area contributed by atoms with Gasteiger partial charge in [-0.1, -0.05) is 12.1 Å². The molecule has 0 aromatic heterocycles. The fourth-order valence-corrected chi connectivity index (χ4v) is 4.45. The Labute approximate surface area is 161 Å². The van der Waals surface area contributed by atoms with Crippen molar-refractivity contribution < 1.29 is 19.4 Å². The zero-order valence-electron chi connectivity index (χ0n) is 16.2. The number of likely N-dealkylation sites (tertiary alicyclic amines) is 1. The zero-order valence-corrected chi connectivity index (χ0v) is 16.2. The van der Waals surface area contributed by atoms with Crippen LogP contribution in [-0.2, 0) is 16.0 Å². The van der Waals surface area contributed by atoms with Crippen molar-refractivity contribution in [3.05, 3.63) is 29.8 Å². The summed E-state index contributed by atoms with van der Waals surface area (Å²) < 4.78 is 5.20. The van der Waals surface area contributed by atoms with E-state index in [9.17, 15) is 9.59 Å². The average Bonchev–Trinajstić information content (AvgIpc) is 2.72. The second kappa shape index (κ2) is 9.25. The minimum absolute atomic E-state index is 0.0384. The summed E-state index contributed by atoms with van der Waals surface area (Å²) >= 11 is 0. The van der Waals surface area contributed by atoms with Crippen LogP contribution in [-0.4, -0.2) is 42.1 Å². The van der Waals surface area contributed by atoms with Crippen molar-refractivity contribution in [2.75, 3.05) is 20.2 Å². The van der Waals surface area contributed by atoms with E-state index in [0.717, 1.165) is 57.4 Å². The van der Waals surface area contributed by atoms with Gasteiger partial charge in [-0.2, -0.15) is 0 Å². The zero-order chi connectivity index (χ0) is 19.2. The lowest BCUT2D eigenvalue weighted by atomic mass is 9.81. The molecule has 1 saturated carbocycles. The number of aliphatic carboxylic acids is 1. The summed E-state index contributed by atoms with van der Waals surface area (Å²) in [5.41, 5.74) is 1.34. The normalized spacial score (nSPS) is 23.8. The molecule has 148 valence electrons. The first-order valence-corrected chi connectivity index (χ1v) is 10.2. The maximum atomic E-state index is 12.7. The highest BCUT2D eigenvalue weighted by Gasteiger charge is 2.33. The Hall–Kier alpha value is -2.04. The van der Waals surface area contributed by atoms with E-state index in [1.165, 1.54) is 5.56 Å². The number of aryl methyl sites for hydroxylation is 1. The molecule has 2 fully saturated rings. The molecule has 1 saturated heterocycles. The van der Waals surface area contributed by atoms with Crippen molar-refractivity contribution in [3.63, 3.8) is 0 Å². The van der Waals surface area contributed by atoms with E-state index < -0.39 is 5.97 Å². The molecule has 0 unspecified atom stereocenters. The third-order valence-electron chi connectivity index (χ3n) is 6.35. The first kappa shape index (κ1) is 19.7. The molecule has 0 bridgehead atoms. The van der Waals surface area contributed by atoms with E-state index in [2.05, 4.69) is 12.1 Å². The Morgan fingerprint density at radius 1 is 1.00 bits per heavy atom. The summed E-state index contributed by atoms with van der Waals surface area (Å²) in [6, 6.07) is 8.28. The summed E-state index contributed by atoms with van der Waals surface area (Å²) in [4.78, 5) is 25.8. The van der Waals surface area contributed by atoms with E-state index in [1.54, 1.807) is 7.11 Å². The standard InChI is InChI=1S/C22H31NO4/c1-27-20-10-4-16(5-11-20)2-3-17-12-14-23(15-13-17)21(24)18-6-8-19(9-7-18)22(25)26/h4-5,10-11,17-19H,2-3,6-9,12-15H2,1H3,(H,25,26). The van der Waals surface area contributed by atoms with E-state index in [0.29, 0.717) is 18.8 Å². The molecule has 1 aromatic rings. The minimum Gasteiger partial charge on any atom is -0.497 e. The number of hydrogen-bond donors (Lipinski definition) is 1. The van der Waals surface area contributed by atoms with Crippen LogP contribution in [0.1, 0.15) is 50.5 Å². The number of ether oxygens (including phenoxy) is 1. The van der Waals surface area contributed by atoms with E-state index >= 15 is 0 Å². The third-order valence-corrected chi connectivity index (χ3v) is 6.35. The molecule has 1 aliphatic carbocycles. The predicted molar refractivity (Wildman–Crippen MR) is 104 cm³/mol. The van der Waals surface area contributed by atoms with Crippen LogP contribution >= 0.6 is 0 Å². The monoisotopic (exact) mass is 373 g/mol. The van der Waals surface area contributed by atoms with Gasteiger partial charge in [0.1, 0.15) is 5.75 Å². The Bertz CT molecular complexity index is 626. The van der Waals surface area contributed by atoms with Crippen LogP contribution in [0.2, 0.25) is 0 Å². The fourth-order valence-electron chi connectivity index (χ4n) is 4.45. The van der Waals surface area contributed by atoms with Gasteiger partial charge in [-0.25, -0.2) is 0 Å². The second-order valence-corrected chi connectivity index (χ2v) is 8.04. The Morgan fingerprint density at radius 2 is 1.59 bits per heavy atom. The molecule has 1 aliphatic heterocycles. The number of benzene rings is 1. The van der Waals surface area contributed by atoms with Gasteiger partial charge in [0.15, 0.2) is 0 Å². The number of amides is 1. The minimum atomic E-state index is -0.710. The number of nitrogens with zero attached hydrogens (tertiary/aromatic N) is 1. The Balaban J connectivity index is 1.39. The van der Waals surface area contributed by atoms with Gasteiger partial charge in [0, 0.05) is 19.0 Å². The van der Waals surface area contributed by atoms with Crippen LogP contribution in [0.25, 0.3) is 0 Å². The molecular weight excluding hydrogens is 342 g/mol. The number of hydrogen-bond acceptors (Lipinski definition) is 3. The molecule has 1 N–H and O–H groups in total. The van der Waals surface area contributed by atoms with Crippen LogP contribution in [0.4, 0.5) is 0 Å². The molecule has 2 aliphatic rings. The molecule has 0 atom stereocenters. The van der Waals surface area contributed by atoms with Gasteiger partial charge in [0.25, 0.3) is 0 Å². The SMILES string of the molecule is COc1ccc(CCC2CCN(C(=O)C3CCC(C(=O)O)CC3)CC2)cc1. The molecule has 1 amide bonds. The van der Waals surface area contributed by atoms with Gasteiger partial charge in [-0.15, -0.1) is 0 Å². The second-order valence-electron chi connectivity index (χ2n) is 8.04. The first-order valence-electron chi connectivity index (χ1n) is 10.2. The highest BCUT2D eigenvalue weighted by molar-refractivity contribution is 5.79. The maximum absolute atomic E-state index is 12.7. The molecule has 1 heterocycles. The van der Waals surface area contributed by atoms with Crippen LogP contribution in [0.5, 0.6) is 5.75 Å². The highest BCUT2D eigenvalue weighted by Crippen LogP contribution is 2.32. The smallest absolute Gasteiger partial charge is 0.306 e. The lowest BCUT2D eigenvalue weighted by Crippen LogP contribution is -2.43. The van der Waals surface area contributed by atoms with Gasteiger partial charge in [-0.05, 0) is 75.0 Å². The number of carboxylic acids is 1. The summed E-state index contributed by atoms with van der Waals surface area (Å²) in [5, 5.41) is 9.10. The lowest BCUT2D eigenvalue weighted by molar-refractivity contribution is -0.146. The number of carbonyl (C=O) groups is 2. The highest BCUT2D eigenvalue weighted by atomic mass is 16.5. The van der Waals surface area contributed by atoms with Crippen LogP contribution in [0.15, 0.2) is 24.3 Å². The summed E-state index contributed by atoms with van der Waals surface area (Å²) in [5.74, 6) is 0.905. The lowest BCUT2D eigenvalue weighted by Gasteiger charge is -2.36. The largest absolute Gasteiger partial charge is 0.497 e. The number of carboxylic acid groups (broad SMARTS) is 1. The molecule has 5 heteroatoms. The molecule has 5 nitrogen and oxygen atoms in total. The number of carbonyl (C=O) groups excluding carboxylic acids is 1. The molecular formula is C22H31NO4. The topological polar surface area (TPSA) is 66.8 Å². The van der Waals surface area contributed by atoms with Gasteiger partial charge in [0.2, 0.25) is 5.91 Å². The summed E-state index contributed by atoms with van der Waals surface area (Å²) in [6.45, 7) is 1.70. The first-order chi connectivity index (χ1) is 13.1. The van der Waals surface area contributed by atoms with Gasteiger partial charge >= 0.3 is 5.97 Å². The molecule has 0 spiro atoms. The molecule has 27 heavy (non-hydrogen) atoms. The Morgan fingerprint density at radius 3 is 2.15 bits per heavy atom. The van der Waals surface area contributed by atoms with Gasteiger partial charge < -0.3 is 14.7 Å². The van der Waals surface area contributed by atoms with Crippen LogP contribution in [0.3, 0.4) is 0 Å². The fraction of sp³-hybridized carbons (Fsp3) is 0.636. The van der Waals surface area contributed by atoms with E-state index in [4.69, 9.17) is 9.84 Å². The van der Waals surface area contributed by atoms with E-state index in [-0.39, 0.29) is 17.7 Å². The average molecular weight is 373 g/mol. The summed E-state index contributed by atoms with van der Waals surface area (Å²) in [6.07, 6.45) is 7.13. The Kier molecular flexibility index (Phi) is 6.75. The van der Waals surface area contributed by atoms with Crippen LogP contribution < -0.4 is 4.74 Å². The maximum Gasteiger partial charge on any atom is 0.306 e. The van der Waals surface area contributed by atoms with Crippen molar-refractivity contribution in [2.24, 2.45) is 17.8 Å². The van der Waals surface area contributed by atoms with Crippen molar-refractivity contribution in [1.29, 1.82) is 0 Å². The van der Waals surface area contributed by atoms with Gasteiger partial charge in [0.05, 0.1) is 13.0 Å².